The molecule has 0 atom stereocenters. The third kappa shape index (κ3) is 2.88. The van der Waals surface area contributed by atoms with Crippen LogP contribution in [0.2, 0.25) is 0 Å². The molecule has 1 aliphatic heterocycles. The van der Waals surface area contributed by atoms with Crippen LogP contribution in [-0.2, 0) is 0 Å². The SMILES string of the molecule is CCOc1cccnc1N1CCC(NC)CC1. The second kappa shape index (κ2) is 5.87. The number of aromatic nitrogens is 1. The topological polar surface area (TPSA) is 37.4 Å². The van der Waals surface area contributed by atoms with Gasteiger partial charge in [-0.1, -0.05) is 0 Å². The molecule has 4 heteroatoms. The number of pyridine rings is 1. The summed E-state index contributed by atoms with van der Waals surface area (Å²) in [6.07, 6.45) is 4.17. The molecule has 1 aromatic heterocycles. The van der Waals surface area contributed by atoms with E-state index in [0.717, 1.165) is 24.7 Å². The third-order valence-electron chi connectivity index (χ3n) is 3.25. The Labute approximate surface area is 103 Å². The minimum Gasteiger partial charge on any atom is -0.490 e. The molecular formula is C13H21N3O. The molecular weight excluding hydrogens is 214 g/mol. The molecule has 0 spiro atoms. The van der Waals surface area contributed by atoms with E-state index in [1.807, 2.05) is 32.3 Å². The van der Waals surface area contributed by atoms with Gasteiger partial charge in [-0.3, -0.25) is 0 Å². The van der Waals surface area contributed by atoms with Crippen LogP contribution in [0.4, 0.5) is 5.82 Å². The summed E-state index contributed by atoms with van der Waals surface area (Å²) in [7, 11) is 2.03. The molecule has 1 N–H and O–H groups in total. The van der Waals surface area contributed by atoms with Crippen molar-refractivity contribution < 1.29 is 4.74 Å². The summed E-state index contributed by atoms with van der Waals surface area (Å²) >= 11 is 0. The Morgan fingerprint density at radius 1 is 1.47 bits per heavy atom. The van der Waals surface area contributed by atoms with E-state index >= 15 is 0 Å². The van der Waals surface area contributed by atoms with Crippen LogP contribution in [-0.4, -0.2) is 37.8 Å². The Morgan fingerprint density at radius 2 is 2.24 bits per heavy atom. The molecule has 0 radical (unpaired) electrons. The first kappa shape index (κ1) is 12.2. The minimum absolute atomic E-state index is 0.644. The van der Waals surface area contributed by atoms with Crippen molar-refractivity contribution in [3.05, 3.63) is 18.3 Å². The van der Waals surface area contributed by atoms with Crippen LogP contribution in [0.1, 0.15) is 19.8 Å². The molecule has 1 saturated heterocycles. The van der Waals surface area contributed by atoms with Gasteiger partial charge >= 0.3 is 0 Å². The summed E-state index contributed by atoms with van der Waals surface area (Å²) < 4.78 is 5.62. The highest BCUT2D eigenvalue weighted by molar-refractivity contribution is 5.52. The predicted molar refractivity (Wildman–Crippen MR) is 69.7 cm³/mol. The number of hydrogen-bond acceptors (Lipinski definition) is 4. The number of nitrogens with zero attached hydrogens (tertiary/aromatic N) is 2. The van der Waals surface area contributed by atoms with E-state index in [4.69, 9.17) is 4.74 Å². The maximum absolute atomic E-state index is 5.62. The highest BCUT2D eigenvalue weighted by Crippen LogP contribution is 2.27. The molecule has 0 bridgehead atoms. The maximum Gasteiger partial charge on any atom is 0.171 e. The van der Waals surface area contributed by atoms with Crippen molar-refractivity contribution in [2.75, 3.05) is 31.6 Å². The Bertz CT molecular complexity index is 348. The molecule has 0 amide bonds. The van der Waals surface area contributed by atoms with Gasteiger partial charge in [-0.05, 0) is 38.9 Å². The Hall–Kier alpha value is -1.29. The van der Waals surface area contributed by atoms with E-state index in [9.17, 15) is 0 Å². The molecule has 1 fully saturated rings. The molecule has 0 saturated carbocycles. The predicted octanol–water partition coefficient (Wildman–Crippen LogP) is 1.67. The highest BCUT2D eigenvalue weighted by atomic mass is 16.5. The van der Waals surface area contributed by atoms with Crippen molar-refractivity contribution >= 4 is 5.82 Å². The molecule has 17 heavy (non-hydrogen) atoms. The Balaban J connectivity index is 2.07. The summed E-state index contributed by atoms with van der Waals surface area (Å²) in [5.41, 5.74) is 0. The number of nitrogens with one attached hydrogen (secondary N) is 1. The first-order valence-electron chi connectivity index (χ1n) is 6.35. The smallest absolute Gasteiger partial charge is 0.171 e. The van der Waals surface area contributed by atoms with Gasteiger partial charge in [-0.25, -0.2) is 4.98 Å². The second-order valence-electron chi connectivity index (χ2n) is 4.31. The van der Waals surface area contributed by atoms with Crippen molar-refractivity contribution in [1.82, 2.24) is 10.3 Å². The molecule has 2 rings (SSSR count). The minimum atomic E-state index is 0.644. The van der Waals surface area contributed by atoms with Crippen LogP contribution >= 0.6 is 0 Å². The summed E-state index contributed by atoms with van der Waals surface area (Å²) in [5.74, 6) is 1.89. The summed E-state index contributed by atoms with van der Waals surface area (Å²) in [4.78, 5) is 6.77. The van der Waals surface area contributed by atoms with Gasteiger partial charge in [0.2, 0.25) is 0 Å². The molecule has 0 aromatic carbocycles. The van der Waals surface area contributed by atoms with E-state index in [1.54, 1.807) is 0 Å². The lowest BCUT2D eigenvalue weighted by molar-refractivity contribution is 0.337. The van der Waals surface area contributed by atoms with E-state index < -0.39 is 0 Å². The van der Waals surface area contributed by atoms with Gasteiger partial charge in [0.25, 0.3) is 0 Å². The quantitative estimate of drug-likeness (QED) is 0.861. The van der Waals surface area contributed by atoms with Gasteiger partial charge in [0, 0.05) is 25.3 Å². The van der Waals surface area contributed by atoms with Crippen LogP contribution in [0.5, 0.6) is 5.75 Å². The van der Waals surface area contributed by atoms with Crippen LogP contribution in [0, 0.1) is 0 Å². The molecule has 1 aliphatic rings. The number of ether oxygens (including phenoxy) is 1. The Morgan fingerprint density at radius 3 is 2.88 bits per heavy atom. The molecule has 0 aliphatic carbocycles. The Kier molecular flexibility index (Phi) is 4.20. The van der Waals surface area contributed by atoms with Gasteiger partial charge in [-0.15, -0.1) is 0 Å². The van der Waals surface area contributed by atoms with Crippen LogP contribution in [0.3, 0.4) is 0 Å². The molecule has 94 valence electrons. The normalized spacial score (nSPS) is 17.2. The van der Waals surface area contributed by atoms with Crippen molar-refractivity contribution in [2.45, 2.75) is 25.8 Å². The van der Waals surface area contributed by atoms with E-state index in [0.29, 0.717) is 12.6 Å². The van der Waals surface area contributed by atoms with Gasteiger partial charge < -0.3 is 15.0 Å². The third-order valence-corrected chi connectivity index (χ3v) is 3.25. The van der Waals surface area contributed by atoms with Crippen molar-refractivity contribution in [3.8, 4) is 5.75 Å². The zero-order chi connectivity index (χ0) is 12.1. The van der Waals surface area contributed by atoms with E-state index in [2.05, 4.69) is 15.2 Å². The van der Waals surface area contributed by atoms with Crippen molar-refractivity contribution in [2.24, 2.45) is 0 Å². The lowest BCUT2D eigenvalue weighted by Crippen LogP contribution is -2.41. The number of anilines is 1. The maximum atomic E-state index is 5.62. The molecule has 0 unspecified atom stereocenters. The fourth-order valence-electron chi connectivity index (χ4n) is 2.27. The first-order chi connectivity index (χ1) is 8.35. The fourth-order valence-corrected chi connectivity index (χ4v) is 2.27. The van der Waals surface area contributed by atoms with Crippen LogP contribution < -0.4 is 15.0 Å². The standard InChI is InChI=1S/C13H21N3O/c1-3-17-12-5-4-8-15-13(12)16-9-6-11(14-2)7-10-16/h4-5,8,11,14H,3,6-7,9-10H2,1-2H3. The number of rotatable bonds is 4. The monoisotopic (exact) mass is 235 g/mol. The van der Waals surface area contributed by atoms with Gasteiger partial charge in [0.15, 0.2) is 11.6 Å². The fraction of sp³-hybridized carbons (Fsp3) is 0.615. The van der Waals surface area contributed by atoms with Crippen molar-refractivity contribution in [3.63, 3.8) is 0 Å². The average molecular weight is 235 g/mol. The largest absolute Gasteiger partial charge is 0.490 e. The zero-order valence-electron chi connectivity index (χ0n) is 10.6. The van der Waals surface area contributed by atoms with Gasteiger partial charge in [-0.2, -0.15) is 0 Å². The highest BCUT2D eigenvalue weighted by Gasteiger charge is 2.20. The van der Waals surface area contributed by atoms with Crippen molar-refractivity contribution in [1.29, 1.82) is 0 Å². The second-order valence-corrected chi connectivity index (χ2v) is 4.31. The zero-order valence-corrected chi connectivity index (χ0v) is 10.6. The molecule has 4 nitrogen and oxygen atoms in total. The number of hydrogen-bond donors (Lipinski definition) is 1. The lowest BCUT2D eigenvalue weighted by atomic mass is 10.1. The van der Waals surface area contributed by atoms with Crippen LogP contribution in [0.25, 0.3) is 0 Å². The van der Waals surface area contributed by atoms with Gasteiger partial charge in [0.05, 0.1) is 6.61 Å². The van der Waals surface area contributed by atoms with E-state index in [-0.39, 0.29) is 0 Å². The van der Waals surface area contributed by atoms with Gasteiger partial charge in [0.1, 0.15) is 0 Å². The summed E-state index contributed by atoms with van der Waals surface area (Å²) in [6, 6.07) is 4.57. The number of piperidine rings is 1. The van der Waals surface area contributed by atoms with Crippen LogP contribution in [0.15, 0.2) is 18.3 Å². The molecule has 1 aromatic rings. The molecule has 2 heterocycles. The average Bonchev–Trinajstić information content (AvgIpc) is 2.40. The summed E-state index contributed by atoms with van der Waals surface area (Å²) in [5, 5.41) is 3.34. The van der Waals surface area contributed by atoms with E-state index in [1.165, 1.54) is 12.8 Å². The lowest BCUT2D eigenvalue weighted by Gasteiger charge is -2.33. The summed E-state index contributed by atoms with van der Waals surface area (Å²) in [6.45, 7) is 4.78. The first-order valence-corrected chi connectivity index (χ1v) is 6.35.